The van der Waals surface area contributed by atoms with Crippen molar-refractivity contribution in [3.63, 3.8) is 0 Å². The van der Waals surface area contributed by atoms with Crippen LogP contribution in [0.25, 0.3) is 0 Å². The second-order valence-electron chi connectivity index (χ2n) is 8.78. The molecule has 0 aliphatic carbocycles. The fraction of sp³-hybridized carbons (Fsp3) is 0.269. The molecule has 38 heavy (non-hydrogen) atoms. The van der Waals surface area contributed by atoms with Crippen LogP contribution in [0.1, 0.15) is 22.8 Å². The number of nitro groups is 1. The molecule has 0 aromatic heterocycles. The first-order valence-electron chi connectivity index (χ1n) is 11.7. The molecule has 4 N–H and O–H groups in total. The van der Waals surface area contributed by atoms with Crippen LogP contribution in [0.15, 0.2) is 83.8 Å². The number of nitrogens with one attached hydrogen (secondary N) is 1. The Morgan fingerprint density at radius 3 is 2.16 bits per heavy atom. The summed E-state index contributed by atoms with van der Waals surface area (Å²) in [5.74, 6) is -0.919. The highest BCUT2D eigenvalue weighted by Crippen LogP contribution is 2.22. The molecular weight excluding hydrogens is 514 g/mol. The summed E-state index contributed by atoms with van der Waals surface area (Å²) in [6.07, 6.45) is -2.39. The van der Waals surface area contributed by atoms with Gasteiger partial charge in [-0.3, -0.25) is 14.9 Å². The van der Waals surface area contributed by atoms with Crippen LogP contribution in [0.4, 0.5) is 5.69 Å². The number of phenolic OH excluding ortho intramolecular Hbond substituents is 1. The number of hydrogen-bond donors (Lipinski definition) is 4. The molecular formula is C26H29N3O8S. The van der Waals surface area contributed by atoms with E-state index >= 15 is 0 Å². The van der Waals surface area contributed by atoms with E-state index in [2.05, 4.69) is 5.32 Å². The summed E-state index contributed by atoms with van der Waals surface area (Å²) in [6, 6.07) is 18.1. The molecule has 202 valence electrons. The molecule has 0 spiro atoms. The number of phenols is 1. The number of carbonyl (C=O) groups excluding carboxylic acids is 1. The van der Waals surface area contributed by atoms with Gasteiger partial charge in [0.2, 0.25) is 10.0 Å². The maximum atomic E-state index is 13.4. The third-order valence-corrected chi connectivity index (χ3v) is 7.62. The van der Waals surface area contributed by atoms with Crippen molar-refractivity contribution in [2.75, 3.05) is 13.1 Å². The third-order valence-electron chi connectivity index (χ3n) is 5.77. The van der Waals surface area contributed by atoms with Crippen LogP contribution in [-0.4, -0.2) is 70.2 Å². The molecule has 0 saturated carbocycles. The van der Waals surface area contributed by atoms with E-state index < -0.39 is 45.6 Å². The number of hydrogen-bond acceptors (Lipinski definition) is 8. The summed E-state index contributed by atoms with van der Waals surface area (Å²) in [4.78, 5) is 23.0. The first-order chi connectivity index (χ1) is 18.0. The van der Waals surface area contributed by atoms with Gasteiger partial charge in [-0.25, -0.2) is 8.42 Å². The molecule has 3 aromatic rings. The Kier molecular flexibility index (Phi) is 9.53. The van der Waals surface area contributed by atoms with Crippen molar-refractivity contribution in [3.8, 4) is 5.75 Å². The van der Waals surface area contributed by atoms with Crippen molar-refractivity contribution < 1.29 is 33.5 Å². The molecule has 3 atom stereocenters. The number of para-hydroxylation sites is 1. The zero-order valence-corrected chi connectivity index (χ0v) is 21.4. The number of benzene rings is 3. The topological polar surface area (TPSA) is 170 Å². The Labute approximate surface area is 220 Å². The Morgan fingerprint density at radius 2 is 1.58 bits per heavy atom. The number of aliphatic hydroxyl groups excluding tert-OH is 2. The predicted octanol–water partition coefficient (Wildman–Crippen LogP) is 2.07. The lowest BCUT2D eigenvalue weighted by Crippen LogP contribution is -2.51. The SMILES string of the molecule is C[C@H](O)CN(C[C@@H](O)[C@H](Cc1ccccc1)NC(=O)c1ccccc1O)S(=O)(=O)c1ccc([N+](=O)[O-])cc1. The van der Waals surface area contributed by atoms with E-state index in [0.29, 0.717) is 0 Å². The Bertz CT molecular complexity index is 1350. The lowest BCUT2D eigenvalue weighted by molar-refractivity contribution is -0.384. The average molecular weight is 544 g/mol. The predicted molar refractivity (Wildman–Crippen MR) is 139 cm³/mol. The van der Waals surface area contributed by atoms with E-state index in [0.717, 1.165) is 34.1 Å². The van der Waals surface area contributed by atoms with E-state index in [-0.39, 0.29) is 34.9 Å². The number of nitro benzene ring substituents is 1. The molecule has 12 heteroatoms. The lowest BCUT2D eigenvalue weighted by atomic mass is 10.00. The molecule has 1 amide bonds. The van der Waals surface area contributed by atoms with Crippen LogP contribution < -0.4 is 5.32 Å². The highest BCUT2D eigenvalue weighted by Gasteiger charge is 2.32. The van der Waals surface area contributed by atoms with Gasteiger partial charge in [0.25, 0.3) is 11.6 Å². The second kappa shape index (κ2) is 12.6. The summed E-state index contributed by atoms with van der Waals surface area (Å²) in [6.45, 7) is 0.511. The van der Waals surface area contributed by atoms with Gasteiger partial charge < -0.3 is 20.6 Å². The van der Waals surface area contributed by atoms with Gasteiger partial charge in [-0.15, -0.1) is 0 Å². The van der Waals surface area contributed by atoms with Gasteiger partial charge in [-0.1, -0.05) is 42.5 Å². The number of rotatable bonds is 12. The maximum absolute atomic E-state index is 13.4. The monoisotopic (exact) mass is 543 g/mol. The van der Waals surface area contributed by atoms with Crippen molar-refractivity contribution in [2.45, 2.75) is 36.5 Å². The van der Waals surface area contributed by atoms with Crippen LogP contribution in [0.3, 0.4) is 0 Å². The highest BCUT2D eigenvalue weighted by molar-refractivity contribution is 7.89. The van der Waals surface area contributed by atoms with Crippen molar-refractivity contribution in [3.05, 3.63) is 100 Å². The van der Waals surface area contributed by atoms with E-state index in [1.807, 2.05) is 0 Å². The van der Waals surface area contributed by atoms with Gasteiger partial charge in [-0.05, 0) is 43.2 Å². The fourth-order valence-electron chi connectivity index (χ4n) is 3.85. The van der Waals surface area contributed by atoms with Crippen LogP contribution >= 0.6 is 0 Å². The smallest absolute Gasteiger partial charge is 0.269 e. The minimum atomic E-state index is -4.29. The van der Waals surface area contributed by atoms with Crippen molar-refractivity contribution in [1.82, 2.24) is 9.62 Å². The van der Waals surface area contributed by atoms with E-state index in [1.54, 1.807) is 42.5 Å². The van der Waals surface area contributed by atoms with Gasteiger partial charge in [0.1, 0.15) is 5.75 Å². The molecule has 3 rings (SSSR count). The number of aromatic hydroxyl groups is 1. The summed E-state index contributed by atoms with van der Waals surface area (Å²) in [5, 5.41) is 44.9. The molecule has 0 radical (unpaired) electrons. The Morgan fingerprint density at radius 1 is 0.974 bits per heavy atom. The molecule has 11 nitrogen and oxygen atoms in total. The first-order valence-corrected chi connectivity index (χ1v) is 13.2. The van der Waals surface area contributed by atoms with Gasteiger partial charge in [0.05, 0.1) is 33.6 Å². The Hall–Kier alpha value is -3.84. The van der Waals surface area contributed by atoms with Gasteiger partial charge in [-0.2, -0.15) is 4.31 Å². The van der Waals surface area contributed by atoms with Crippen molar-refractivity contribution in [1.29, 1.82) is 0 Å². The van der Waals surface area contributed by atoms with Crippen LogP contribution in [0.5, 0.6) is 5.75 Å². The molecule has 0 aliphatic heterocycles. The molecule has 0 fully saturated rings. The second-order valence-corrected chi connectivity index (χ2v) is 10.7. The van der Waals surface area contributed by atoms with Crippen molar-refractivity contribution in [2.24, 2.45) is 0 Å². The van der Waals surface area contributed by atoms with Gasteiger partial charge >= 0.3 is 0 Å². The zero-order valence-electron chi connectivity index (χ0n) is 20.5. The number of amides is 1. The first kappa shape index (κ1) is 28.7. The standard InChI is InChI=1S/C26H29N3O8S/c1-18(30)16-28(38(36,37)21-13-11-20(12-14-21)29(34)35)17-25(32)23(15-19-7-3-2-4-8-19)27-26(33)22-9-5-6-10-24(22)31/h2-14,18,23,25,30-32H,15-17H2,1H3,(H,27,33)/t18-,23-,25+/m0/s1. The molecule has 0 aliphatic rings. The average Bonchev–Trinajstić information content (AvgIpc) is 2.88. The zero-order chi connectivity index (χ0) is 27.9. The fourth-order valence-corrected chi connectivity index (χ4v) is 5.39. The molecule has 3 aromatic carbocycles. The number of carbonyl (C=O) groups is 1. The summed E-state index contributed by atoms with van der Waals surface area (Å²) in [7, 11) is -4.29. The maximum Gasteiger partial charge on any atom is 0.269 e. The van der Waals surface area contributed by atoms with E-state index in [1.165, 1.54) is 19.1 Å². The van der Waals surface area contributed by atoms with Crippen molar-refractivity contribution >= 4 is 21.6 Å². The molecule has 0 bridgehead atoms. The molecule has 0 heterocycles. The third kappa shape index (κ3) is 7.35. The lowest BCUT2D eigenvalue weighted by Gasteiger charge is -2.30. The van der Waals surface area contributed by atoms with E-state index in [9.17, 15) is 38.6 Å². The minimum Gasteiger partial charge on any atom is -0.507 e. The van der Waals surface area contributed by atoms with Gasteiger partial charge in [0.15, 0.2) is 0 Å². The summed E-state index contributed by atoms with van der Waals surface area (Å²) in [5.41, 5.74) is 0.451. The van der Waals surface area contributed by atoms with Gasteiger partial charge in [0, 0.05) is 25.2 Å². The van der Waals surface area contributed by atoms with Crippen LogP contribution in [0, 0.1) is 10.1 Å². The van der Waals surface area contributed by atoms with E-state index in [4.69, 9.17) is 0 Å². The number of non-ortho nitro benzene ring substituents is 1. The number of aliphatic hydroxyl groups is 2. The van der Waals surface area contributed by atoms with Crippen LogP contribution in [0.2, 0.25) is 0 Å². The minimum absolute atomic E-state index is 0.0166. The quantitative estimate of drug-likeness (QED) is 0.199. The largest absolute Gasteiger partial charge is 0.507 e. The Balaban J connectivity index is 1.90. The molecule has 0 saturated heterocycles. The normalized spacial score (nSPS) is 14.0. The summed E-state index contributed by atoms with van der Waals surface area (Å²) < 4.78 is 27.6. The highest BCUT2D eigenvalue weighted by atomic mass is 32.2. The number of sulfonamides is 1. The number of nitrogens with zero attached hydrogens (tertiary/aromatic N) is 2. The summed E-state index contributed by atoms with van der Waals surface area (Å²) >= 11 is 0. The molecule has 0 unspecified atom stereocenters. The van der Waals surface area contributed by atoms with Crippen LogP contribution in [-0.2, 0) is 16.4 Å².